The summed E-state index contributed by atoms with van der Waals surface area (Å²) in [5, 5.41) is 1.61. The third-order valence-corrected chi connectivity index (χ3v) is 6.96. The van der Waals surface area contributed by atoms with Crippen molar-refractivity contribution < 1.29 is 9.53 Å². The molecule has 1 saturated heterocycles. The average molecular weight is 398 g/mol. The van der Waals surface area contributed by atoms with Crippen LogP contribution in [-0.2, 0) is 4.79 Å². The van der Waals surface area contributed by atoms with E-state index in [1.54, 1.807) is 30.8 Å². The molecule has 2 aromatic rings. The van der Waals surface area contributed by atoms with Crippen LogP contribution in [0.3, 0.4) is 0 Å². The number of hydrogen-bond donors (Lipinski definition) is 0. The van der Waals surface area contributed by atoms with Gasteiger partial charge in [-0.05, 0) is 43.0 Å². The maximum Gasteiger partial charge on any atom is 0.269 e. The first-order chi connectivity index (χ1) is 13.0. The maximum absolute atomic E-state index is 12.9. The van der Waals surface area contributed by atoms with Gasteiger partial charge in [0.25, 0.3) is 5.91 Å². The topological polar surface area (TPSA) is 45.1 Å². The second-order valence-electron chi connectivity index (χ2n) is 6.33. The number of aryl methyl sites for hydroxylation is 1. The Labute approximate surface area is 167 Å². The van der Waals surface area contributed by atoms with E-state index in [2.05, 4.69) is 4.99 Å². The van der Waals surface area contributed by atoms with Gasteiger partial charge in [-0.15, -0.1) is 0 Å². The molecule has 27 heavy (non-hydrogen) atoms. The highest BCUT2D eigenvalue weighted by Gasteiger charge is 2.37. The van der Waals surface area contributed by atoms with Gasteiger partial charge in [0.2, 0.25) is 0 Å². The highest BCUT2D eigenvalue weighted by Crippen LogP contribution is 2.50. The van der Waals surface area contributed by atoms with E-state index >= 15 is 0 Å². The van der Waals surface area contributed by atoms with Crippen LogP contribution in [0, 0.1) is 6.92 Å². The first kappa shape index (κ1) is 18.0. The summed E-state index contributed by atoms with van der Waals surface area (Å²) in [5.74, 6) is 0.775. The number of amidine groups is 1. The molecule has 0 aromatic heterocycles. The van der Waals surface area contributed by atoms with E-state index in [0.717, 1.165) is 27.0 Å². The number of amides is 1. The van der Waals surface area contributed by atoms with Gasteiger partial charge in [-0.25, -0.2) is 4.99 Å². The van der Waals surface area contributed by atoms with Gasteiger partial charge in [-0.3, -0.25) is 9.69 Å². The maximum atomic E-state index is 12.9. The number of carbonyl (C=O) groups excluding carboxylic acids is 1. The summed E-state index contributed by atoms with van der Waals surface area (Å²) in [6.45, 7) is 2.04. The normalized spacial score (nSPS) is 20.6. The van der Waals surface area contributed by atoms with Crippen LogP contribution in [0.4, 0.5) is 11.4 Å². The number of hydrogen-bond acceptors (Lipinski definition) is 6. The molecule has 5 nitrogen and oxygen atoms in total. The molecule has 0 spiro atoms. The van der Waals surface area contributed by atoms with E-state index in [1.807, 2.05) is 61.3 Å². The quantitative estimate of drug-likeness (QED) is 0.693. The number of ether oxygens (including phenoxy) is 1. The smallest absolute Gasteiger partial charge is 0.269 e. The molecular formula is C20H19N3O2S2. The van der Waals surface area contributed by atoms with Crippen LogP contribution in [0.5, 0.6) is 5.75 Å². The lowest BCUT2D eigenvalue weighted by atomic mass is 10.2. The molecule has 138 valence electrons. The standard InChI is InChI=1S/C20H19N3O2S2/c1-12-5-7-13(8-6-12)21-20-23(3)18(24)17(27-20)19-22(2)15-11-14(25-4)9-10-16(15)26-19/h5-11H,1-4H3/b19-17-,21-20?. The zero-order valence-electron chi connectivity index (χ0n) is 15.5. The molecule has 0 saturated carbocycles. The molecule has 1 fully saturated rings. The van der Waals surface area contributed by atoms with E-state index in [1.165, 1.54) is 17.3 Å². The van der Waals surface area contributed by atoms with Crippen molar-refractivity contribution in [2.24, 2.45) is 4.99 Å². The second kappa shape index (κ2) is 6.98. The number of likely N-dealkylation sites (N-methyl/N-ethyl adjacent to an activating group) is 1. The number of anilines is 1. The minimum atomic E-state index is -0.0278. The summed E-state index contributed by atoms with van der Waals surface area (Å²) in [7, 11) is 5.40. The molecule has 0 radical (unpaired) electrons. The second-order valence-corrected chi connectivity index (χ2v) is 8.33. The van der Waals surface area contributed by atoms with Gasteiger partial charge >= 0.3 is 0 Å². The predicted octanol–water partition coefficient (Wildman–Crippen LogP) is 4.61. The van der Waals surface area contributed by atoms with Crippen LogP contribution in [0.2, 0.25) is 0 Å². The lowest BCUT2D eigenvalue weighted by Gasteiger charge is -2.15. The van der Waals surface area contributed by atoms with Gasteiger partial charge in [0, 0.05) is 25.1 Å². The molecule has 2 aromatic carbocycles. The van der Waals surface area contributed by atoms with Crippen molar-refractivity contribution in [3.63, 3.8) is 0 Å². The van der Waals surface area contributed by atoms with Crippen LogP contribution in [0.25, 0.3) is 0 Å². The summed E-state index contributed by atoms with van der Waals surface area (Å²) < 4.78 is 5.33. The number of benzene rings is 2. The zero-order chi connectivity index (χ0) is 19.1. The van der Waals surface area contributed by atoms with Gasteiger partial charge in [0.1, 0.15) is 10.7 Å². The number of thioether (sulfide) groups is 2. The van der Waals surface area contributed by atoms with Crippen LogP contribution in [0.1, 0.15) is 5.56 Å². The Morgan fingerprint density at radius 2 is 1.74 bits per heavy atom. The molecule has 0 N–H and O–H groups in total. The summed E-state index contributed by atoms with van der Waals surface area (Å²) in [4.78, 5) is 23.0. The highest BCUT2D eigenvalue weighted by atomic mass is 32.2. The number of nitrogens with zero attached hydrogens (tertiary/aromatic N) is 3. The Bertz CT molecular complexity index is 983. The summed E-state index contributed by atoms with van der Waals surface area (Å²) in [6, 6.07) is 13.9. The lowest BCUT2D eigenvalue weighted by molar-refractivity contribution is -0.121. The predicted molar refractivity (Wildman–Crippen MR) is 113 cm³/mol. The van der Waals surface area contributed by atoms with Crippen LogP contribution in [-0.4, -0.2) is 37.2 Å². The minimum absolute atomic E-state index is 0.0278. The van der Waals surface area contributed by atoms with E-state index in [0.29, 0.717) is 10.1 Å². The fourth-order valence-corrected chi connectivity index (χ4v) is 5.17. The fraction of sp³-hybridized carbons (Fsp3) is 0.200. The van der Waals surface area contributed by atoms with Crippen molar-refractivity contribution in [3.8, 4) is 5.75 Å². The molecule has 0 unspecified atom stereocenters. The van der Waals surface area contributed by atoms with Crippen molar-refractivity contribution in [1.82, 2.24) is 4.90 Å². The first-order valence-corrected chi connectivity index (χ1v) is 10.1. The molecule has 2 aliphatic heterocycles. The molecule has 2 aliphatic rings. The summed E-state index contributed by atoms with van der Waals surface area (Å²) in [6.07, 6.45) is 0. The molecule has 0 atom stereocenters. The molecule has 0 bridgehead atoms. The molecule has 7 heteroatoms. The molecule has 2 heterocycles. The largest absolute Gasteiger partial charge is 0.497 e. The monoisotopic (exact) mass is 397 g/mol. The van der Waals surface area contributed by atoms with Gasteiger partial charge in [0.05, 0.1) is 23.5 Å². The molecular weight excluding hydrogens is 378 g/mol. The SMILES string of the molecule is COc1ccc2c(c1)N(C)/C(=C1/SC(=Nc3ccc(C)cc3)N(C)C1=O)S2. The van der Waals surface area contributed by atoms with Crippen molar-refractivity contribution >= 4 is 46.0 Å². The van der Waals surface area contributed by atoms with Crippen LogP contribution < -0.4 is 9.64 Å². The first-order valence-electron chi connectivity index (χ1n) is 8.43. The van der Waals surface area contributed by atoms with Crippen molar-refractivity contribution in [2.45, 2.75) is 11.8 Å². The summed E-state index contributed by atoms with van der Waals surface area (Å²) in [5.41, 5.74) is 3.07. The Morgan fingerprint density at radius 1 is 1.00 bits per heavy atom. The number of aliphatic imine (C=N–C) groups is 1. The Kier molecular flexibility index (Phi) is 4.65. The van der Waals surface area contributed by atoms with Gasteiger partial charge < -0.3 is 9.64 Å². The van der Waals surface area contributed by atoms with E-state index in [9.17, 15) is 4.79 Å². The van der Waals surface area contributed by atoms with Crippen molar-refractivity contribution in [3.05, 3.63) is 58.0 Å². The zero-order valence-corrected chi connectivity index (χ0v) is 17.1. The van der Waals surface area contributed by atoms with E-state index < -0.39 is 0 Å². The molecule has 4 rings (SSSR count). The Hall–Kier alpha value is -2.38. The van der Waals surface area contributed by atoms with Gasteiger partial charge in [-0.2, -0.15) is 0 Å². The minimum Gasteiger partial charge on any atom is -0.497 e. The van der Waals surface area contributed by atoms with E-state index in [-0.39, 0.29) is 5.91 Å². The third-order valence-electron chi connectivity index (χ3n) is 4.47. The Morgan fingerprint density at radius 3 is 2.44 bits per heavy atom. The number of carbonyl (C=O) groups is 1. The van der Waals surface area contributed by atoms with Gasteiger partial charge in [0.15, 0.2) is 5.17 Å². The van der Waals surface area contributed by atoms with Crippen LogP contribution in [0.15, 0.2) is 62.3 Å². The number of fused-ring (bicyclic) bond motifs is 1. The van der Waals surface area contributed by atoms with E-state index in [4.69, 9.17) is 4.74 Å². The lowest BCUT2D eigenvalue weighted by Crippen LogP contribution is -2.24. The van der Waals surface area contributed by atoms with Gasteiger partial charge in [-0.1, -0.05) is 29.5 Å². The van der Waals surface area contributed by atoms with Crippen molar-refractivity contribution in [2.75, 3.05) is 26.1 Å². The average Bonchev–Trinajstić information content (AvgIpc) is 3.14. The number of methoxy groups -OCH3 is 1. The molecule has 0 aliphatic carbocycles. The third kappa shape index (κ3) is 3.21. The van der Waals surface area contributed by atoms with Crippen molar-refractivity contribution in [1.29, 1.82) is 0 Å². The number of rotatable bonds is 2. The van der Waals surface area contributed by atoms with Crippen LogP contribution >= 0.6 is 23.5 Å². The fourth-order valence-electron chi connectivity index (χ4n) is 2.86. The highest BCUT2D eigenvalue weighted by molar-refractivity contribution is 8.19. The Balaban J connectivity index is 1.68. The molecule has 1 amide bonds. The summed E-state index contributed by atoms with van der Waals surface area (Å²) >= 11 is 3.02.